The highest BCUT2D eigenvalue weighted by molar-refractivity contribution is 5.20. The number of rotatable bonds is 7. The fourth-order valence-corrected chi connectivity index (χ4v) is 3.99. The third-order valence-corrected chi connectivity index (χ3v) is 5.79. The van der Waals surface area contributed by atoms with Gasteiger partial charge in [0.15, 0.2) is 0 Å². The number of aliphatic hydroxyl groups is 1. The largest absolute Gasteiger partial charge is 0.494 e. The quantitative estimate of drug-likeness (QED) is 0.771. The van der Waals surface area contributed by atoms with Crippen LogP contribution in [0.15, 0.2) is 42.5 Å². The van der Waals surface area contributed by atoms with E-state index in [2.05, 4.69) is 17.1 Å². The third-order valence-electron chi connectivity index (χ3n) is 5.79. The Balaban J connectivity index is 1.42. The van der Waals surface area contributed by atoms with Gasteiger partial charge in [0, 0.05) is 13.2 Å². The molecule has 3 heteroatoms. The second kappa shape index (κ2) is 8.68. The normalized spacial score (nSPS) is 24.0. The summed E-state index contributed by atoms with van der Waals surface area (Å²) in [5, 5.41) is 9.96. The van der Waals surface area contributed by atoms with Gasteiger partial charge in [0.25, 0.3) is 0 Å². The van der Waals surface area contributed by atoms with E-state index in [1.165, 1.54) is 25.8 Å². The van der Waals surface area contributed by atoms with Crippen molar-refractivity contribution in [2.24, 2.45) is 11.3 Å². The Kier molecular flexibility index (Phi) is 6.33. The number of nitrogens with zero attached hydrogens (tertiary/aromatic N) is 1. The highest BCUT2D eigenvalue weighted by Crippen LogP contribution is 2.35. The van der Waals surface area contributed by atoms with E-state index in [0.29, 0.717) is 6.61 Å². The topological polar surface area (TPSA) is 32.7 Å². The van der Waals surface area contributed by atoms with Crippen molar-refractivity contribution in [3.8, 4) is 5.75 Å². The molecule has 2 aliphatic rings. The number of ether oxygens (including phenoxy) is 1. The van der Waals surface area contributed by atoms with Crippen LogP contribution in [0.2, 0.25) is 0 Å². The van der Waals surface area contributed by atoms with Crippen LogP contribution in [0.4, 0.5) is 0 Å². The molecular formula is C21H31NO2. The highest BCUT2D eigenvalue weighted by Gasteiger charge is 2.34. The Hall–Kier alpha value is -1.32. The van der Waals surface area contributed by atoms with Crippen molar-refractivity contribution in [3.05, 3.63) is 42.5 Å². The maximum atomic E-state index is 9.96. The van der Waals surface area contributed by atoms with Gasteiger partial charge in [0.2, 0.25) is 0 Å². The molecule has 0 saturated carbocycles. The van der Waals surface area contributed by atoms with Crippen LogP contribution < -0.4 is 4.74 Å². The fraction of sp³-hybridized carbons (Fsp3) is 0.619. The summed E-state index contributed by atoms with van der Waals surface area (Å²) in [5.74, 6) is 1.76. The summed E-state index contributed by atoms with van der Waals surface area (Å²) in [7, 11) is 0. The Labute approximate surface area is 146 Å². The molecule has 1 aliphatic carbocycles. The van der Waals surface area contributed by atoms with Gasteiger partial charge < -0.3 is 14.7 Å². The first-order valence-electron chi connectivity index (χ1n) is 9.46. The van der Waals surface area contributed by atoms with Gasteiger partial charge in [-0.25, -0.2) is 0 Å². The van der Waals surface area contributed by atoms with Gasteiger partial charge in [0.05, 0.1) is 6.61 Å². The lowest BCUT2D eigenvalue weighted by Crippen LogP contribution is -2.44. The van der Waals surface area contributed by atoms with Crippen LogP contribution in [0.3, 0.4) is 0 Å². The van der Waals surface area contributed by atoms with Gasteiger partial charge in [0.1, 0.15) is 5.75 Å². The van der Waals surface area contributed by atoms with Crippen LogP contribution in [0.1, 0.15) is 38.5 Å². The molecule has 1 fully saturated rings. The van der Waals surface area contributed by atoms with Crippen molar-refractivity contribution in [1.29, 1.82) is 0 Å². The molecule has 0 bridgehead atoms. The second-order valence-corrected chi connectivity index (χ2v) is 7.52. The number of hydrogen-bond donors (Lipinski definition) is 1. The molecule has 1 saturated heterocycles. The van der Waals surface area contributed by atoms with E-state index in [-0.39, 0.29) is 12.0 Å². The first-order chi connectivity index (χ1) is 11.8. The standard InChI is InChI=1S/C21H31NO2/c23-18-21(13-16-24-20-9-5-2-6-10-20)11-14-22(15-12-21)17-19-7-3-1-4-8-19/h1-3,5-6,9-10,19,23H,4,7-8,11-18H2/t19-/m1/s1. The molecule has 1 aromatic rings. The zero-order valence-corrected chi connectivity index (χ0v) is 14.7. The summed E-state index contributed by atoms with van der Waals surface area (Å²) >= 11 is 0. The predicted molar refractivity (Wildman–Crippen MR) is 98.2 cm³/mol. The van der Waals surface area contributed by atoms with Crippen LogP contribution in [-0.4, -0.2) is 42.9 Å². The summed E-state index contributed by atoms with van der Waals surface area (Å²) < 4.78 is 5.85. The fourth-order valence-electron chi connectivity index (χ4n) is 3.99. The smallest absolute Gasteiger partial charge is 0.119 e. The minimum absolute atomic E-state index is 0.0533. The Morgan fingerprint density at radius 3 is 2.58 bits per heavy atom. The monoisotopic (exact) mass is 329 g/mol. The zero-order chi connectivity index (χ0) is 16.7. The number of likely N-dealkylation sites (tertiary alicyclic amines) is 1. The number of benzene rings is 1. The number of aliphatic hydroxyl groups excluding tert-OH is 1. The molecular weight excluding hydrogens is 298 g/mol. The Bertz CT molecular complexity index is 506. The number of hydrogen-bond acceptors (Lipinski definition) is 3. The summed E-state index contributed by atoms with van der Waals surface area (Å²) in [6.07, 6.45) is 11.6. The van der Waals surface area contributed by atoms with E-state index in [1.807, 2.05) is 30.3 Å². The van der Waals surface area contributed by atoms with Crippen molar-refractivity contribution in [3.63, 3.8) is 0 Å². The maximum Gasteiger partial charge on any atom is 0.119 e. The molecule has 1 heterocycles. The minimum Gasteiger partial charge on any atom is -0.494 e. The van der Waals surface area contributed by atoms with Gasteiger partial charge in [-0.2, -0.15) is 0 Å². The predicted octanol–water partition coefficient (Wildman–Crippen LogP) is 3.89. The molecule has 1 atom stereocenters. The van der Waals surface area contributed by atoms with Gasteiger partial charge in [-0.3, -0.25) is 0 Å². The van der Waals surface area contributed by atoms with E-state index in [9.17, 15) is 5.11 Å². The van der Waals surface area contributed by atoms with Crippen molar-refractivity contribution in [1.82, 2.24) is 4.90 Å². The molecule has 3 nitrogen and oxygen atoms in total. The molecule has 132 valence electrons. The molecule has 1 aromatic carbocycles. The molecule has 24 heavy (non-hydrogen) atoms. The first kappa shape index (κ1) is 17.5. The lowest BCUT2D eigenvalue weighted by molar-refractivity contribution is 0.0217. The van der Waals surface area contributed by atoms with Crippen molar-refractivity contribution in [2.75, 3.05) is 32.8 Å². The van der Waals surface area contributed by atoms with Crippen LogP contribution in [0.5, 0.6) is 5.75 Å². The van der Waals surface area contributed by atoms with Crippen LogP contribution in [0.25, 0.3) is 0 Å². The van der Waals surface area contributed by atoms with Gasteiger partial charge in [-0.1, -0.05) is 30.4 Å². The zero-order valence-electron chi connectivity index (χ0n) is 14.7. The number of allylic oxidation sites excluding steroid dienone is 2. The molecule has 1 aliphatic heterocycles. The average Bonchev–Trinajstić information content (AvgIpc) is 2.65. The molecule has 1 N–H and O–H groups in total. The van der Waals surface area contributed by atoms with E-state index >= 15 is 0 Å². The Morgan fingerprint density at radius 2 is 1.92 bits per heavy atom. The molecule has 3 rings (SSSR count). The highest BCUT2D eigenvalue weighted by atomic mass is 16.5. The lowest BCUT2D eigenvalue weighted by Gasteiger charge is -2.42. The molecule has 0 spiro atoms. The molecule has 0 amide bonds. The van der Waals surface area contributed by atoms with Gasteiger partial charge >= 0.3 is 0 Å². The minimum atomic E-state index is 0.0533. The van der Waals surface area contributed by atoms with E-state index in [1.54, 1.807) is 0 Å². The van der Waals surface area contributed by atoms with Gasteiger partial charge in [-0.05, 0) is 75.1 Å². The van der Waals surface area contributed by atoms with E-state index < -0.39 is 0 Å². The first-order valence-corrected chi connectivity index (χ1v) is 9.46. The summed E-state index contributed by atoms with van der Waals surface area (Å²) in [6.45, 7) is 4.44. The summed E-state index contributed by atoms with van der Waals surface area (Å²) in [6, 6.07) is 9.98. The SMILES string of the molecule is OCC1(CCOc2ccccc2)CCN(C[C@@H]2CC=CCC2)CC1. The number of piperidine rings is 1. The summed E-state index contributed by atoms with van der Waals surface area (Å²) in [5.41, 5.74) is 0.0533. The Morgan fingerprint density at radius 1 is 1.12 bits per heavy atom. The molecule has 0 unspecified atom stereocenters. The van der Waals surface area contributed by atoms with Crippen molar-refractivity contribution < 1.29 is 9.84 Å². The maximum absolute atomic E-state index is 9.96. The van der Waals surface area contributed by atoms with Crippen LogP contribution in [-0.2, 0) is 0 Å². The van der Waals surface area contributed by atoms with Crippen LogP contribution >= 0.6 is 0 Å². The van der Waals surface area contributed by atoms with Crippen molar-refractivity contribution >= 4 is 0 Å². The lowest BCUT2D eigenvalue weighted by atomic mass is 9.76. The van der Waals surface area contributed by atoms with E-state index in [0.717, 1.165) is 44.0 Å². The number of para-hydroxylation sites is 1. The molecule has 0 aromatic heterocycles. The van der Waals surface area contributed by atoms with Crippen LogP contribution in [0, 0.1) is 11.3 Å². The third kappa shape index (κ3) is 4.84. The average molecular weight is 329 g/mol. The van der Waals surface area contributed by atoms with Crippen molar-refractivity contribution in [2.45, 2.75) is 38.5 Å². The van der Waals surface area contributed by atoms with Gasteiger partial charge in [-0.15, -0.1) is 0 Å². The molecule has 0 radical (unpaired) electrons. The van der Waals surface area contributed by atoms with E-state index in [4.69, 9.17) is 4.74 Å². The summed E-state index contributed by atoms with van der Waals surface area (Å²) in [4.78, 5) is 2.61. The second-order valence-electron chi connectivity index (χ2n) is 7.52.